The maximum absolute atomic E-state index is 13.5. The van der Waals surface area contributed by atoms with Gasteiger partial charge in [-0.2, -0.15) is 0 Å². The number of para-hydroxylation sites is 1. The van der Waals surface area contributed by atoms with Crippen LogP contribution in [0.4, 0.5) is 0 Å². The van der Waals surface area contributed by atoms with E-state index in [2.05, 4.69) is 34.3 Å². The third kappa shape index (κ3) is 6.60. The standard InChI is InChI=1S/C33H40N2O3/c36-23-28(21-27-22-34-31-17-8-7-16-29(27)31)35-33(37)30-20-25(19-26-15-9-10-18-38-32(26)30)14-6-2-5-13-24-11-3-1-4-12-24/h7-8,16-17,19-20,22,24,28,34,36H,1-5,9-13,15,18,21,23H2,(H,35,37)/t28-/m1/s1. The Morgan fingerprint density at radius 2 is 2.00 bits per heavy atom. The van der Waals surface area contributed by atoms with Crippen molar-refractivity contribution in [3.63, 3.8) is 0 Å². The molecule has 38 heavy (non-hydrogen) atoms. The largest absolute Gasteiger partial charge is 0.492 e. The van der Waals surface area contributed by atoms with Crippen molar-refractivity contribution in [2.45, 2.75) is 83.1 Å². The number of benzene rings is 2. The lowest BCUT2D eigenvalue weighted by Crippen LogP contribution is -2.39. The van der Waals surface area contributed by atoms with E-state index in [9.17, 15) is 9.90 Å². The van der Waals surface area contributed by atoms with E-state index < -0.39 is 6.04 Å². The van der Waals surface area contributed by atoms with Gasteiger partial charge >= 0.3 is 0 Å². The molecule has 0 bridgehead atoms. The van der Waals surface area contributed by atoms with Gasteiger partial charge in [0.05, 0.1) is 24.8 Å². The summed E-state index contributed by atoms with van der Waals surface area (Å²) in [5.74, 6) is 8.03. The number of aryl methyl sites for hydroxylation is 1. The van der Waals surface area contributed by atoms with Crippen LogP contribution in [0.1, 0.15) is 91.3 Å². The van der Waals surface area contributed by atoms with Crippen molar-refractivity contribution in [3.05, 3.63) is 64.8 Å². The van der Waals surface area contributed by atoms with Gasteiger partial charge in [0.25, 0.3) is 5.91 Å². The first kappa shape index (κ1) is 26.4. The number of rotatable bonds is 8. The van der Waals surface area contributed by atoms with Gasteiger partial charge in [-0.05, 0) is 73.8 Å². The van der Waals surface area contributed by atoms with Gasteiger partial charge in [-0.1, -0.05) is 62.1 Å². The number of carbonyl (C=O) groups is 1. The van der Waals surface area contributed by atoms with E-state index in [4.69, 9.17) is 4.74 Å². The Bertz CT molecular complexity index is 1290. The predicted octanol–water partition coefficient (Wildman–Crippen LogP) is 6.32. The summed E-state index contributed by atoms with van der Waals surface area (Å²) in [5, 5.41) is 14.3. The summed E-state index contributed by atoms with van der Waals surface area (Å²) in [6.45, 7) is 0.465. The Morgan fingerprint density at radius 1 is 1.13 bits per heavy atom. The number of hydrogen-bond acceptors (Lipinski definition) is 3. The minimum atomic E-state index is -0.405. The lowest BCUT2D eigenvalue weighted by molar-refractivity contribution is 0.0912. The number of aliphatic hydroxyl groups is 1. The molecule has 3 aromatic rings. The highest BCUT2D eigenvalue weighted by atomic mass is 16.5. The number of H-pyrrole nitrogens is 1. The molecule has 2 aliphatic rings. The molecular formula is C33H40N2O3. The van der Waals surface area contributed by atoms with E-state index >= 15 is 0 Å². The van der Waals surface area contributed by atoms with Gasteiger partial charge in [-0.3, -0.25) is 4.79 Å². The van der Waals surface area contributed by atoms with E-state index in [0.29, 0.717) is 24.3 Å². The summed E-state index contributed by atoms with van der Waals surface area (Å²) in [6.07, 6.45) is 15.6. The van der Waals surface area contributed by atoms with Crippen molar-refractivity contribution in [1.82, 2.24) is 10.3 Å². The minimum Gasteiger partial charge on any atom is -0.492 e. The van der Waals surface area contributed by atoms with Crippen LogP contribution in [0, 0.1) is 17.8 Å². The summed E-state index contributed by atoms with van der Waals surface area (Å²) < 4.78 is 6.07. The molecule has 2 heterocycles. The van der Waals surface area contributed by atoms with Gasteiger partial charge in [0.15, 0.2) is 0 Å². The second-order valence-corrected chi connectivity index (χ2v) is 10.9. The molecule has 0 radical (unpaired) electrons. The molecule has 5 nitrogen and oxygen atoms in total. The predicted molar refractivity (Wildman–Crippen MR) is 153 cm³/mol. The summed E-state index contributed by atoms with van der Waals surface area (Å²) >= 11 is 0. The SMILES string of the molecule is O=C(N[C@@H](CO)Cc1c[nH]c2ccccc12)c1cc(C#CCCCC2CCCCC2)cc2c1OCCCC2. The summed E-state index contributed by atoms with van der Waals surface area (Å²) in [7, 11) is 0. The lowest BCUT2D eigenvalue weighted by Gasteiger charge is -2.20. The van der Waals surface area contributed by atoms with Crippen LogP contribution >= 0.6 is 0 Å². The van der Waals surface area contributed by atoms with Crippen LogP contribution in [-0.4, -0.2) is 35.3 Å². The van der Waals surface area contributed by atoms with E-state index in [1.165, 1.54) is 38.5 Å². The van der Waals surface area contributed by atoms with Crippen LogP contribution in [0.2, 0.25) is 0 Å². The zero-order chi connectivity index (χ0) is 26.2. The summed E-state index contributed by atoms with van der Waals surface area (Å²) in [4.78, 5) is 16.8. The third-order valence-corrected chi connectivity index (χ3v) is 8.07. The second kappa shape index (κ2) is 13.0. The molecule has 1 amide bonds. The van der Waals surface area contributed by atoms with Gasteiger partial charge in [0.2, 0.25) is 0 Å². The van der Waals surface area contributed by atoms with Gasteiger partial charge in [-0.15, -0.1) is 0 Å². The topological polar surface area (TPSA) is 74.4 Å². The Kier molecular flexibility index (Phi) is 9.04. The second-order valence-electron chi connectivity index (χ2n) is 10.9. The molecule has 0 unspecified atom stereocenters. The van der Waals surface area contributed by atoms with Crippen molar-refractivity contribution >= 4 is 16.8 Å². The highest BCUT2D eigenvalue weighted by molar-refractivity contribution is 5.98. The number of aromatic nitrogens is 1. The quantitative estimate of drug-likeness (QED) is 0.244. The first-order valence-electron chi connectivity index (χ1n) is 14.5. The van der Waals surface area contributed by atoms with Crippen LogP contribution < -0.4 is 10.1 Å². The molecule has 1 aliphatic carbocycles. The van der Waals surface area contributed by atoms with Gasteiger partial charge < -0.3 is 20.1 Å². The van der Waals surface area contributed by atoms with E-state index in [0.717, 1.165) is 65.6 Å². The molecule has 3 N–H and O–H groups in total. The number of nitrogens with one attached hydrogen (secondary N) is 2. The monoisotopic (exact) mass is 512 g/mol. The van der Waals surface area contributed by atoms with Crippen molar-refractivity contribution in [2.75, 3.05) is 13.2 Å². The highest BCUT2D eigenvalue weighted by Gasteiger charge is 2.23. The van der Waals surface area contributed by atoms with Crippen LogP contribution in [0.5, 0.6) is 5.75 Å². The molecule has 2 aromatic carbocycles. The minimum absolute atomic E-state index is 0.144. The number of aromatic amines is 1. The number of aliphatic hydroxyl groups excluding tert-OH is 1. The average Bonchev–Trinajstić information content (AvgIpc) is 3.20. The number of carbonyl (C=O) groups excluding carboxylic acids is 1. The first-order valence-corrected chi connectivity index (χ1v) is 14.5. The molecule has 1 atom stereocenters. The molecule has 1 fully saturated rings. The molecular weight excluding hydrogens is 472 g/mol. The van der Waals surface area contributed by atoms with Gasteiger partial charge in [0, 0.05) is 29.1 Å². The first-order chi connectivity index (χ1) is 18.7. The van der Waals surface area contributed by atoms with Gasteiger partial charge in [0.1, 0.15) is 5.75 Å². The fourth-order valence-corrected chi connectivity index (χ4v) is 5.99. The number of amides is 1. The Morgan fingerprint density at radius 3 is 2.87 bits per heavy atom. The zero-order valence-corrected chi connectivity index (χ0v) is 22.4. The number of unbranched alkanes of at least 4 members (excludes halogenated alkanes) is 1. The maximum Gasteiger partial charge on any atom is 0.255 e. The fourth-order valence-electron chi connectivity index (χ4n) is 5.99. The van der Waals surface area contributed by atoms with Gasteiger partial charge in [-0.25, -0.2) is 0 Å². The number of hydrogen-bond donors (Lipinski definition) is 3. The average molecular weight is 513 g/mol. The molecule has 5 heteroatoms. The molecule has 1 aromatic heterocycles. The normalized spacial score (nSPS) is 16.6. The molecule has 1 saturated carbocycles. The highest BCUT2D eigenvalue weighted by Crippen LogP contribution is 2.31. The van der Waals surface area contributed by atoms with E-state index in [1.54, 1.807) is 0 Å². The van der Waals surface area contributed by atoms with Crippen LogP contribution in [0.15, 0.2) is 42.6 Å². The molecule has 0 saturated heterocycles. The lowest BCUT2D eigenvalue weighted by atomic mass is 9.86. The summed E-state index contributed by atoms with van der Waals surface area (Å²) in [5.41, 5.74) is 4.57. The van der Waals surface area contributed by atoms with E-state index in [-0.39, 0.29) is 12.5 Å². The fraction of sp³-hybridized carbons (Fsp3) is 0.485. The van der Waals surface area contributed by atoms with Crippen molar-refractivity contribution in [1.29, 1.82) is 0 Å². The summed E-state index contributed by atoms with van der Waals surface area (Å²) in [6, 6.07) is 11.6. The number of ether oxygens (including phenoxy) is 1. The third-order valence-electron chi connectivity index (χ3n) is 8.07. The molecule has 1 aliphatic heterocycles. The van der Waals surface area contributed by atoms with Crippen molar-refractivity contribution < 1.29 is 14.6 Å². The Hall–Kier alpha value is -3.23. The van der Waals surface area contributed by atoms with Crippen molar-refractivity contribution in [3.8, 4) is 17.6 Å². The molecule has 5 rings (SSSR count). The van der Waals surface area contributed by atoms with Crippen LogP contribution in [0.3, 0.4) is 0 Å². The smallest absolute Gasteiger partial charge is 0.255 e. The Labute approximate surface area is 226 Å². The molecule has 200 valence electrons. The number of fused-ring (bicyclic) bond motifs is 2. The molecule has 0 spiro atoms. The van der Waals surface area contributed by atoms with E-state index in [1.807, 2.05) is 30.5 Å². The van der Waals surface area contributed by atoms with Crippen LogP contribution in [0.25, 0.3) is 10.9 Å². The maximum atomic E-state index is 13.5. The zero-order valence-electron chi connectivity index (χ0n) is 22.4. The van der Waals surface area contributed by atoms with Crippen molar-refractivity contribution in [2.24, 2.45) is 5.92 Å². The Balaban J connectivity index is 1.29. The van der Waals surface area contributed by atoms with Crippen LogP contribution in [-0.2, 0) is 12.8 Å².